The molecular weight excluding hydrogens is 255 g/mol. The maximum absolute atomic E-state index is 13.1. The van der Waals surface area contributed by atoms with E-state index in [1.165, 1.54) is 12.1 Å². The third-order valence-electron chi connectivity index (χ3n) is 4.05. The molecule has 0 heterocycles. The van der Waals surface area contributed by atoms with Crippen LogP contribution in [0.25, 0.3) is 0 Å². The maximum atomic E-state index is 13.1. The van der Waals surface area contributed by atoms with Crippen molar-refractivity contribution in [1.29, 1.82) is 0 Å². The molecule has 0 spiro atoms. The molecule has 108 valence electrons. The summed E-state index contributed by atoms with van der Waals surface area (Å²) in [4.78, 5) is 12.3. The molecule has 0 saturated heterocycles. The number of rotatable bonds is 3. The highest BCUT2D eigenvalue weighted by Crippen LogP contribution is 2.42. The summed E-state index contributed by atoms with van der Waals surface area (Å²) in [5.74, 6) is -0.236. The van der Waals surface area contributed by atoms with Crippen molar-refractivity contribution in [2.45, 2.75) is 26.7 Å². The number of halogens is 1. The minimum Gasteiger partial charge on any atom is -0.466 e. The zero-order valence-corrected chi connectivity index (χ0v) is 12.2. The van der Waals surface area contributed by atoms with Gasteiger partial charge in [-0.1, -0.05) is 38.1 Å². The van der Waals surface area contributed by atoms with Crippen LogP contribution in [0.2, 0.25) is 0 Å². The van der Waals surface area contributed by atoms with Crippen LogP contribution in [-0.4, -0.2) is 12.6 Å². The molecule has 3 heteroatoms. The van der Waals surface area contributed by atoms with Crippen molar-refractivity contribution >= 4 is 5.97 Å². The zero-order valence-electron chi connectivity index (χ0n) is 12.2. The minimum atomic E-state index is -0.256. The van der Waals surface area contributed by atoms with Gasteiger partial charge in [0.25, 0.3) is 0 Å². The summed E-state index contributed by atoms with van der Waals surface area (Å²) >= 11 is 0. The van der Waals surface area contributed by atoms with Crippen LogP contribution in [0.4, 0.5) is 4.39 Å². The Morgan fingerprint density at radius 2 is 1.75 bits per heavy atom. The fourth-order valence-electron chi connectivity index (χ4n) is 3.04. The highest BCUT2D eigenvalue weighted by molar-refractivity contribution is 5.75. The van der Waals surface area contributed by atoms with E-state index in [0.29, 0.717) is 6.61 Å². The number of carbonyl (C=O) groups is 1. The van der Waals surface area contributed by atoms with Gasteiger partial charge in [0.05, 0.1) is 12.5 Å². The van der Waals surface area contributed by atoms with Crippen LogP contribution in [0, 0.1) is 23.6 Å². The third kappa shape index (κ3) is 2.92. The first-order chi connectivity index (χ1) is 9.54. The van der Waals surface area contributed by atoms with Gasteiger partial charge in [0.15, 0.2) is 0 Å². The smallest absolute Gasteiger partial charge is 0.310 e. The summed E-state index contributed by atoms with van der Waals surface area (Å²) in [7, 11) is 0. The first kappa shape index (κ1) is 14.8. The SMILES string of the molecule is CCOC(=O)C1C(C)C=CC(C)C1c1ccc(F)cc1. The van der Waals surface area contributed by atoms with Gasteiger partial charge in [0, 0.05) is 5.92 Å². The van der Waals surface area contributed by atoms with Crippen LogP contribution >= 0.6 is 0 Å². The fourth-order valence-corrected chi connectivity index (χ4v) is 3.04. The molecule has 1 aromatic rings. The molecule has 0 fully saturated rings. The molecule has 2 rings (SSSR count). The molecule has 2 nitrogen and oxygen atoms in total. The number of benzene rings is 1. The number of hydrogen-bond donors (Lipinski definition) is 0. The van der Waals surface area contributed by atoms with Crippen molar-refractivity contribution in [3.05, 3.63) is 47.8 Å². The van der Waals surface area contributed by atoms with Crippen LogP contribution in [0.5, 0.6) is 0 Å². The molecule has 1 aliphatic carbocycles. The van der Waals surface area contributed by atoms with Crippen molar-refractivity contribution in [3.63, 3.8) is 0 Å². The van der Waals surface area contributed by atoms with Crippen molar-refractivity contribution < 1.29 is 13.9 Å². The highest BCUT2D eigenvalue weighted by Gasteiger charge is 2.39. The molecule has 0 aliphatic heterocycles. The Hall–Kier alpha value is -1.64. The van der Waals surface area contributed by atoms with Crippen LogP contribution < -0.4 is 0 Å². The van der Waals surface area contributed by atoms with E-state index in [2.05, 4.69) is 19.1 Å². The lowest BCUT2D eigenvalue weighted by atomic mass is 9.68. The van der Waals surface area contributed by atoms with Crippen LogP contribution in [-0.2, 0) is 9.53 Å². The molecule has 0 bridgehead atoms. The summed E-state index contributed by atoms with van der Waals surface area (Å²) in [5.41, 5.74) is 0.994. The zero-order chi connectivity index (χ0) is 14.7. The molecule has 4 atom stereocenters. The molecule has 4 unspecified atom stereocenters. The van der Waals surface area contributed by atoms with Crippen molar-refractivity contribution in [2.75, 3.05) is 6.61 Å². The first-order valence-corrected chi connectivity index (χ1v) is 7.15. The summed E-state index contributed by atoms with van der Waals surface area (Å²) in [6.45, 7) is 6.32. The average Bonchev–Trinajstić information content (AvgIpc) is 2.42. The number of ether oxygens (including phenoxy) is 1. The molecule has 1 aromatic carbocycles. The minimum absolute atomic E-state index is 0.0367. The van der Waals surface area contributed by atoms with Crippen LogP contribution in [0.3, 0.4) is 0 Å². The molecule has 20 heavy (non-hydrogen) atoms. The molecule has 0 saturated carbocycles. The van der Waals surface area contributed by atoms with E-state index in [9.17, 15) is 9.18 Å². The molecule has 0 radical (unpaired) electrons. The largest absolute Gasteiger partial charge is 0.466 e. The lowest BCUT2D eigenvalue weighted by molar-refractivity contribution is -0.150. The number of allylic oxidation sites excluding steroid dienone is 2. The topological polar surface area (TPSA) is 26.3 Å². The van der Waals surface area contributed by atoms with Gasteiger partial charge in [-0.2, -0.15) is 0 Å². The summed E-state index contributed by atoms with van der Waals surface area (Å²) < 4.78 is 18.3. The Bertz CT molecular complexity index is 492. The molecule has 1 aliphatic rings. The average molecular weight is 276 g/mol. The van der Waals surface area contributed by atoms with Crippen molar-refractivity contribution in [3.8, 4) is 0 Å². The van der Waals surface area contributed by atoms with Crippen LogP contribution in [0.15, 0.2) is 36.4 Å². The summed E-state index contributed by atoms with van der Waals surface area (Å²) in [5, 5.41) is 0. The number of hydrogen-bond acceptors (Lipinski definition) is 2. The molecular formula is C17H21FO2. The second kappa shape index (κ2) is 6.21. The van der Waals surface area contributed by atoms with E-state index < -0.39 is 0 Å². The highest BCUT2D eigenvalue weighted by atomic mass is 19.1. The van der Waals surface area contributed by atoms with Gasteiger partial charge >= 0.3 is 5.97 Å². The van der Waals surface area contributed by atoms with Gasteiger partial charge in [0.1, 0.15) is 5.82 Å². The van der Waals surface area contributed by atoms with Crippen molar-refractivity contribution in [1.82, 2.24) is 0 Å². The quantitative estimate of drug-likeness (QED) is 0.617. The van der Waals surface area contributed by atoms with E-state index in [4.69, 9.17) is 4.74 Å². The first-order valence-electron chi connectivity index (χ1n) is 7.15. The Morgan fingerprint density at radius 3 is 2.35 bits per heavy atom. The number of carbonyl (C=O) groups excluding carboxylic acids is 1. The normalized spacial score (nSPS) is 29.2. The van der Waals surface area contributed by atoms with E-state index in [-0.39, 0.29) is 35.5 Å². The Labute approximate surface area is 119 Å². The third-order valence-corrected chi connectivity index (χ3v) is 4.05. The van der Waals surface area contributed by atoms with Gasteiger partial charge < -0.3 is 4.74 Å². The molecule has 0 amide bonds. The Balaban J connectivity index is 2.36. The van der Waals surface area contributed by atoms with Gasteiger partial charge in [-0.25, -0.2) is 4.39 Å². The summed E-state index contributed by atoms with van der Waals surface area (Å²) in [6.07, 6.45) is 4.21. The molecule has 0 aromatic heterocycles. The van der Waals surface area contributed by atoms with Gasteiger partial charge in [-0.15, -0.1) is 0 Å². The maximum Gasteiger partial charge on any atom is 0.310 e. The van der Waals surface area contributed by atoms with Gasteiger partial charge in [-0.05, 0) is 36.5 Å². The van der Waals surface area contributed by atoms with E-state index in [0.717, 1.165) is 5.56 Å². The van der Waals surface area contributed by atoms with E-state index in [1.807, 2.05) is 13.8 Å². The van der Waals surface area contributed by atoms with E-state index in [1.54, 1.807) is 12.1 Å². The second-order valence-electron chi connectivity index (χ2n) is 5.46. The van der Waals surface area contributed by atoms with Crippen LogP contribution in [0.1, 0.15) is 32.3 Å². The predicted octanol–water partition coefficient (Wildman–Crippen LogP) is 3.93. The monoisotopic (exact) mass is 276 g/mol. The Kier molecular flexibility index (Phi) is 4.58. The Morgan fingerprint density at radius 1 is 1.15 bits per heavy atom. The lowest BCUT2D eigenvalue weighted by Crippen LogP contribution is -2.34. The second-order valence-corrected chi connectivity index (χ2v) is 5.46. The predicted molar refractivity (Wildman–Crippen MR) is 76.7 cm³/mol. The molecule has 0 N–H and O–H groups in total. The number of esters is 1. The standard InChI is InChI=1S/C17H21FO2/c1-4-20-17(19)16-12(3)6-5-11(2)15(16)13-7-9-14(18)10-8-13/h5-12,15-16H,4H2,1-3H3. The van der Waals surface area contributed by atoms with Gasteiger partial charge in [-0.3, -0.25) is 4.79 Å². The lowest BCUT2D eigenvalue weighted by Gasteiger charge is -2.35. The van der Waals surface area contributed by atoms with E-state index >= 15 is 0 Å². The van der Waals surface area contributed by atoms with Crippen molar-refractivity contribution in [2.24, 2.45) is 17.8 Å². The van der Waals surface area contributed by atoms with Gasteiger partial charge in [0.2, 0.25) is 0 Å². The summed E-state index contributed by atoms with van der Waals surface area (Å²) in [6, 6.07) is 6.45. The fraction of sp³-hybridized carbons (Fsp3) is 0.471.